The summed E-state index contributed by atoms with van der Waals surface area (Å²) < 4.78 is 20.2. The van der Waals surface area contributed by atoms with Gasteiger partial charge in [0.2, 0.25) is 0 Å². The highest BCUT2D eigenvalue weighted by Gasteiger charge is 2.13. The Morgan fingerprint density at radius 3 is 2.54 bits per heavy atom. The number of anilines is 1. The molecule has 4 aromatic rings. The third-order valence-electron chi connectivity index (χ3n) is 3.76. The molecule has 0 amide bonds. The van der Waals surface area contributed by atoms with Crippen molar-refractivity contribution in [3.05, 3.63) is 90.6 Å². The van der Waals surface area contributed by atoms with Crippen molar-refractivity contribution in [1.29, 1.82) is 0 Å². The number of nitrogens with one attached hydrogen (secondary N) is 1. The predicted octanol–water partition coefficient (Wildman–Crippen LogP) is 4.72. The Balaban J connectivity index is 1.64. The van der Waals surface area contributed by atoms with E-state index >= 15 is 0 Å². The zero-order chi connectivity index (χ0) is 17.8. The lowest BCUT2D eigenvalue weighted by atomic mass is 10.2. The van der Waals surface area contributed by atoms with Crippen LogP contribution in [-0.2, 0) is 0 Å². The van der Waals surface area contributed by atoms with E-state index in [1.54, 1.807) is 29.3 Å². The van der Waals surface area contributed by atoms with E-state index in [4.69, 9.17) is 4.42 Å². The molecule has 128 valence electrons. The van der Waals surface area contributed by atoms with E-state index in [0.717, 1.165) is 11.3 Å². The molecule has 26 heavy (non-hydrogen) atoms. The number of hydrazone groups is 1. The minimum Gasteiger partial charge on any atom is -0.463 e. The van der Waals surface area contributed by atoms with Crippen molar-refractivity contribution in [3.63, 3.8) is 0 Å². The second kappa shape index (κ2) is 7.06. The van der Waals surface area contributed by atoms with Crippen LogP contribution in [0.15, 0.2) is 88.7 Å². The van der Waals surface area contributed by atoms with Crippen LogP contribution in [-0.4, -0.2) is 16.0 Å². The Hall–Kier alpha value is -3.67. The number of halogens is 1. The van der Waals surface area contributed by atoms with Crippen LogP contribution in [0.1, 0.15) is 5.56 Å². The number of para-hydroxylation sites is 1. The van der Waals surface area contributed by atoms with Crippen molar-refractivity contribution in [2.24, 2.45) is 5.10 Å². The van der Waals surface area contributed by atoms with Crippen LogP contribution >= 0.6 is 0 Å². The molecule has 0 spiro atoms. The van der Waals surface area contributed by atoms with E-state index in [2.05, 4.69) is 15.6 Å². The summed E-state index contributed by atoms with van der Waals surface area (Å²) in [6, 6.07) is 19.4. The average molecular weight is 346 g/mol. The molecule has 6 heteroatoms. The van der Waals surface area contributed by atoms with Crippen LogP contribution < -0.4 is 5.43 Å². The summed E-state index contributed by atoms with van der Waals surface area (Å²) >= 11 is 0. The first-order chi connectivity index (χ1) is 12.8. The summed E-state index contributed by atoms with van der Waals surface area (Å²) in [5, 5.41) is 8.84. The first-order valence-electron chi connectivity index (χ1n) is 8.03. The molecule has 2 aromatic carbocycles. The van der Waals surface area contributed by atoms with Crippen molar-refractivity contribution in [2.45, 2.75) is 0 Å². The number of hydrogen-bond donors (Lipinski definition) is 1. The predicted molar refractivity (Wildman–Crippen MR) is 98.9 cm³/mol. The van der Waals surface area contributed by atoms with Crippen molar-refractivity contribution in [1.82, 2.24) is 9.78 Å². The number of aromatic nitrogens is 2. The molecule has 0 aliphatic carbocycles. The Morgan fingerprint density at radius 1 is 1.00 bits per heavy atom. The highest BCUT2D eigenvalue weighted by atomic mass is 19.1. The Bertz CT molecular complexity index is 1010. The molecule has 0 atom stereocenters. The van der Waals surface area contributed by atoms with Gasteiger partial charge in [0.1, 0.15) is 11.5 Å². The number of rotatable bonds is 5. The van der Waals surface area contributed by atoms with Crippen molar-refractivity contribution < 1.29 is 8.81 Å². The SMILES string of the molecule is Fc1ccc(N/N=C\c2cn(-c3ccccc3)nc2-c2ccco2)cc1. The number of hydrogen-bond acceptors (Lipinski definition) is 4. The molecule has 0 aliphatic rings. The monoisotopic (exact) mass is 346 g/mol. The first kappa shape index (κ1) is 15.8. The van der Waals surface area contributed by atoms with Crippen molar-refractivity contribution in [2.75, 3.05) is 5.43 Å². The molecule has 1 N–H and O–H groups in total. The van der Waals surface area contributed by atoms with Crippen molar-refractivity contribution >= 4 is 11.9 Å². The fourth-order valence-electron chi connectivity index (χ4n) is 2.50. The number of nitrogens with zero attached hydrogens (tertiary/aromatic N) is 3. The Labute approximate surface area is 149 Å². The normalized spacial score (nSPS) is 11.1. The van der Waals surface area contributed by atoms with Gasteiger partial charge < -0.3 is 4.42 Å². The molecule has 4 rings (SSSR count). The van der Waals surface area contributed by atoms with Gasteiger partial charge in [0.25, 0.3) is 0 Å². The highest BCUT2D eigenvalue weighted by Crippen LogP contribution is 2.23. The molecule has 0 unspecified atom stereocenters. The molecule has 2 heterocycles. The van der Waals surface area contributed by atoms with Gasteiger partial charge in [-0.3, -0.25) is 5.43 Å². The van der Waals surface area contributed by atoms with Gasteiger partial charge in [-0.15, -0.1) is 0 Å². The lowest BCUT2D eigenvalue weighted by Crippen LogP contribution is -1.93. The fourth-order valence-corrected chi connectivity index (χ4v) is 2.50. The molecule has 2 aromatic heterocycles. The van der Waals surface area contributed by atoms with E-state index in [-0.39, 0.29) is 5.82 Å². The first-order valence-corrected chi connectivity index (χ1v) is 8.03. The summed E-state index contributed by atoms with van der Waals surface area (Å²) in [5.74, 6) is 0.367. The van der Waals surface area contributed by atoms with Crippen LogP contribution in [0.2, 0.25) is 0 Å². The quantitative estimate of drug-likeness (QED) is 0.420. The Kier molecular flexibility index (Phi) is 4.30. The molecule has 0 bridgehead atoms. The summed E-state index contributed by atoms with van der Waals surface area (Å²) in [7, 11) is 0. The molecule has 0 fully saturated rings. The standard InChI is InChI=1S/C20H15FN4O/c21-16-8-10-17(11-9-16)23-22-13-15-14-25(18-5-2-1-3-6-18)24-20(15)19-7-4-12-26-19/h1-14,23H/b22-13-. The van der Waals surface area contributed by atoms with E-state index in [1.165, 1.54) is 12.1 Å². The molecule has 5 nitrogen and oxygen atoms in total. The lowest BCUT2D eigenvalue weighted by Gasteiger charge is -1.99. The van der Waals surface area contributed by atoms with Crippen molar-refractivity contribution in [3.8, 4) is 17.1 Å². The van der Waals surface area contributed by atoms with Gasteiger partial charge in [-0.2, -0.15) is 10.2 Å². The zero-order valence-electron chi connectivity index (χ0n) is 13.7. The maximum absolute atomic E-state index is 13.0. The van der Waals surface area contributed by atoms with Gasteiger partial charge in [-0.25, -0.2) is 9.07 Å². The van der Waals surface area contributed by atoms with Crippen LogP contribution in [0.4, 0.5) is 10.1 Å². The second-order valence-electron chi connectivity index (χ2n) is 5.57. The average Bonchev–Trinajstić information content (AvgIpc) is 3.34. The number of furan rings is 1. The van der Waals surface area contributed by atoms with E-state index < -0.39 is 0 Å². The molecular formula is C20H15FN4O. The topological polar surface area (TPSA) is 55.4 Å². The van der Waals surface area contributed by atoms with E-state index in [9.17, 15) is 4.39 Å². The summed E-state index contributed by atoms with van der Waals surface area (Å²) in [6.07, 6.45) is 5.14. The summed E-state index contributed by atoms with van der Waals surface area (Å²) in [6.45, 7) is 0. The lowest BCUT2D eigenvalue weighted by molar-refractivity contribution is 0.579. The van der Waals surface area contributed by atoms with Gasteiger partial charge in [-0.1, -0.05) is 18.2 Å². The van der Waals surface area contributed by atoms with Crippen LogP contribution in [0, 0.1) is 5.82 Å². The molecule has 0 aliphatic heterocycles. The second-order valence-corrected chi connectivity index (χ2v) is 5.57. The Morgan fingerprint density at radius 2 is 1.81 bits per heavy atom. The fraction of sp³-hybridized carbons (Fsp3) is 0. The number of benzene rings is 2. The molecule has 0 radical (unpaired) electrons. The van der Waals surface area contributed by atoms with E-state index in [1.807, 2.05) is 48.7 Å². The third kappa shape index (κ3) is 3.39. The third-order valence-corrected chi connectivity index (χ3v) is 3.76. The van der Waals surface area contributed by atoms with Gasteiger partial charge in [0.15, 0.2) is 5.76 Å². The molecular weight excluding hydrogens is 331 g/mol. The van der Waals surface area contributed by atoms with Crippen LogP contribution in [0.5, 0.6) is 0 Å². The highest BCUT2D eigenvalue weighted by molar-refractivity contribution is 5.88. The van der Waals surface area contributed by atoms with Gasteiger partial charge >= 0.3 is 0 Å². The molecule has 0 saturated carbocycles. The van der Waals surface area contributed by atoms with Gasteiger partial charge in [0, 0.05) is 11.8 Å². The largest absolute Gasteiger partial charge is 0.463 e. The van der Waals surface area contributed by atoms with Gasteiger partial charge in [0.05, 0.1) is 23.9 Å². The molecule has 0 saturated heterocycles. The zero-order valence-corrected chi connectivity index (χ0v) is 13.7. The maximum atomic E-state index is 13.0. The van der Waals surface area contributed by atoms with Crippen LogP contribution in [0.25, 0.3) is 17.1 Å². The summed E-state index contributed by atoms with van der Waals surface area (Å²) in [4.78, 5) is 0. The maximum Gasteiger partial charge on any atom is 0.154 e. The van der Waals surface area contributed by atoms with Crippen LogP contribution in [0.3, 0.4) is 0 Å². The smallest absolute Gasteiger partial charge is 0.154 e. The van der Waals surface area contributed by atoms with E-state index in [0.29, 0.717) is 17.1 Å². The summed E-state index contributed by atoms with van der Waals surface area (Å²) in [5.41, 5.74) is 5.98. The minimum absolute atomic E-state index is 0.288. The minimum atomic E-state index is -0.288. The van der Waals surface area contributed by atoms with Gasteiger partial charge in [-0.05, 0) is 48.5 Å².